The fourth-order valence-corrected chi connectivity index (χ4v) is 2.17. The second-order valence-corrected chi connectivity index (χ2v) is 4.32. The van der Waals surface area contributed by atoms with Gasteiger partial charge >= 0.3 is 0 Å². The monoisotopic (exact) mass is 229 g/mol. The molecule has 0 radical (unpaired) electrons. The summed E-state index contributed by atoms with van der Waals surface area (Å²) < 4.78 is 0. The molecule has 1 aromatic carbocycles. The zero-order valence-electron chi connectivity index (χ0n) is 9.60. The van der Waals surface area contributed by atoms with E-state index < -0.39 is 0 Å². The molecule has 0 bridgehead atoms. The van der Waals surface area contributed by atoms with E-state index in [1.807, 2.05) is 24.3 Å². The van der Waals surface area contributed by atoms with Crippen molar-refractivity contribution in [2.24, 2.45) is 11.7 Å². The van der Waals surface area contributed by atoms with Crippen LogP contribution in [0.3, 0.4) is 0 Å². The summed E-state index contributed by atoms with van der Waals surface area (Å²) in [4.78, 5) is 13.3. The van der Waals surface area contributed by atoms with Gasteiger partial charge in [-0.1, -0.05) is 0 Å². The van der Waals surface area contributed by atoms with Gasteiger partial charge in [-0.25, -0.2) is 0 Å². The summed E-state index contributed by atoms with van der Waals surface area (Å²) in [7, 11) is 0. The second-order valence-electron chi connectivity index (χ2n) is 4.32. The van der Waals surface area contributed by atoms with Crippen molar-refractivity contribution in [2.75, 3.05) is 18.0 Å². The zero-order chi connectivity index (χ0) is 12.3. The van der Waals surface area contributed by atoms with Gasteiger partial charge in [0.25, 0.3) is 0 Å². The third kappa shape index (κ3) is 2.56. The largest absolute Gasteiger partial charge is 0.371 e. The van der Waals surface area contributed by atoms with E-state index in [2.05, 4.69) is 11.0 Å². The molecule has 1 aliphatic heterocycles. The highest BCUT2D eigenvalue weighted by atomic mass is 16.1. The minimum atomic E-state index is -0.190. The van der Waals surface area contributed by atoms with Gasteiger partial charge in [-0.15, -0.1) is 0 Å². The number of piperidine rings is 1. The first-order valence-electron chi connectivity index (χ1n) is 5.75. The van der Waals surface area contributed by atoms with Crippen molar-refractivity contribution in [3.8, 4) is 6.07 Å². The molecular weight excluding hydrogens is 214 g/mol. The van der Waals surface area contributed by atoms with Crippen LogP contribution in [0.5, 0.6) is 0 Å². The number of amides is 1. The number of benzene rings is 1. The molecule has 0 aromatic heterocycles. The number of primary amides is 1. The minimum absolute atomic E-state index is 0.0182. The van der Waals surface area contributed by atoms with E-state index >= 15 is 0 Å². The molecule has 0 saturated carbocycles. The highest BCUT2D eigenvalue weighted by Crippen LogP contribution is 2.23. The van der Waals surface area contributed by atoms with Crippen LogP contribution < -0.4 is 10.6 Å². The lowest BCUT2D eigenvalue weighted by Crippen LogP contribution is -2.38. The second kappa shape index (κ2) is 4.88. The van der Waals surface area contributed by atoms with E-state index in [0.717, 1.165) is 31.6 Å². The van der Waals surface area contributed by atoms with Crippen molar-refractivity contribution in [1.82, 2.24) is 0 Å². The molecule has 2 N–H and O–H groups in total. The van der Waals surface area contributed by atoms with E-state index in [4.69, 9.17) is 11.0 Å². The molecule has 0 unspecified atom stereocenters. The fourth-order valence-electron chi connectivity index (χ4n) is 2.17. The van der Waals surface area contributed by atoms with Gasteiger partial charge in [0.05, 0.1) is 11.6 Å². The maximum atomic E-state index is 11.0. The molecule has 1 saturated heterocycles. The lowest BCUT2D eigenvalue weighted by Gasteiger charge is -2.32. The Balaban J connectivity index is 2.00. The van der Waals surface area contributed by atoms with Gasteiger partial charge in [-0.05, 0) is 37.1 Å². The van der Waals surface area contributed by atoms with Crippen LogP contribution in [0.25, 0.3) is 0 Å². The van der Waals surface area contributed by atoms with Crippen molar-refractivity contribution < 1.29 is 4.79 Å². The van der Waals surface area contributed by atoms with Crippen molar-refractivity contribution in [2.45, 2.75) is 12.8 Å². The van der Waals surface area contributed by atoms with Crippen LogP contribution >= 0.6 is 0 Å². The van der Waals surface area contributed by atoms with E-state index in [1.54, 1.807) is 0 Å². The summed E-state index contributed by atoms with van der Waals surface area (Å²) in [5, 5.41) is 8.72. The summed E-state index contributed by atoms with van der Waals surface area (Å²) in [6, 6.07) is 9.62. The first kappa shape index (κ1) is 11.5. The molecule has 17 heavy (non-hydrogen) atoms. The number of carbonyl (C=O) groups excluding carboxylic acids is 1. The molecule has 4 heteroatoms. The van der Waals surface area contributed by atoms with Crippen molar-refractivity contribution in [3.05, 3.63) is 29.8 Å². The lowest BCUT2D eigenvalue weighted by molar-refractivity contribution is -0.122. The highest BCUT2D eigenvalue weighted by Gasteiger charge is 2.22. The summed E-state index contributed by atoms with van der Waals surface area (Å²) in [5.74, 6) is -0.172. The molecule has 1 aliphatic rings. The Kier molecular flexibility index (Phi) is 3.29. The number of rotatable bonds is 2. The number of nitrogens with zero attached hydrogens (tertiary/aromatic N) is 2. The predicted molar refractivity (Wildman–Crippen MR) is 65.3 cm³/mol. The number of hydrogen-bond donors (Lipinski definition) is 1. The van der Waals surface area contributed by atoms with Gasteiger partial charge in [0.15, 0.2) is 0 Å². The Labute approximate surface area is 101 Å². The quantitative estimate of drug-likeness (QED) is 0.830. The lowest BCUT2D eigenvalue weighted by atomic mass is 9.96. The minimum Gasteiger partial charge on any atom is -0.371 e. The van der Waals surface area contributed by atoms with E-state index in [1.165, 1.54) is 0 Å². The third-order valence-corrected chi connectivity index (χ3v) is 3.26. The number of nitrogens with two attached hydrogens (primary N) is 1. The average Bonchev–Trinajstić information content (AvgIpc) is 2.39. The molecule has 2 rings (SSSR count). The standard InChI is InChI=1S/C13H15N3O/c14-9-10-1-3-12(4-2-10)16-7-5-11(6-8-16)13(15)17/h1-4,11H,5-8H2,(H2,15,17). The van der Waals surface area contributed by atoms with Gasteiger partial charge in [0.2, 0.25) is 5.91 Å². The van der Waals surface area contributed by atoms with E-state index in [0.29, 0.717) is 5.56 Å². The number of anilines is 1. The van der Waals surface area contributed by atoms with Gasteiger partial charge in [0, 0.05) is 24.7 Å². The zero-order valence-corrected chi connectivity index (χ0v) is 9.60. The number of carbonyl (C=O) groups is 1. The van der Waals surface area contributed by atoms with Crippen molar-refractivity contribution >= 4 is 11.6 Å². The SMILES string of the molecule is N#Cc1ccc(N2CCC(C(N)=O)CC2)cc1. The first-order valence-corrected chi connectivity index (χ1v) is 5.75. The molecule has 4 nitrogen and oxygen atoms in total. The molecular formula is C13H15N3O. The van der Waals surface area contributed by atoms with Crippen molar-refractivity contribution in [3.63, 3.8) is 0 Å². The van der Waals surface area contributed by atoms with Crippen LogP contribution in [0.2, 0.25) is 0 Å². The summed E-state index contributed by atoms with van der Waals surface area (Å²) in [6.45, 7) is 1.69. The first-order chi connectivity index (χ1) is 8.20. The molecule has 0 aliphatic carbocycles. The Bertz CT molecular complexity index is 439. The average molecular weight is 229 g/mol. The maximum Gasteiger partial charge on any atom is 0.220 e. The Hall–Kier alpha value is -2.02. The Morgan fingerprint density at radius 1 is 1.29 bits per heavy atom. The predicted octanol–water partition coefficient (Wildman–Crippen LogP) is 1.26. The summed E-state index contributed by atoms with van der Waals surface area (Å²) in [5.41, 5.74) is 7.07. The van der Waals surface area contributed by atoms with Gasteiger partial charge < -0.3 is 10.6 Å². The topological polar surface area (TPSA) is 70.1 Å². The smallest absolute Gasteiger partial charge is 0.220 e. The summed E-state index contributed by atoms with van der Waals surface area (Å²) >= 11 is 0. The molecule has 0 atom stereocenters. The van der Waals surface area contributed by atoms with Crippen LogP contribution in [-0.2, 0) is 4.79 Å². The molecule has 1 aromatic rings. The van der Waals surface area contributed by atoms with Gasteiger partial charge in [0.1, 0.15) is 0 Å². The van der Waals surface area contributed by atoms with Crippen LogP contribution in [-0.4, -0.2) is 19.0 Å². The van der Waals surface area contributed by atoms with Gasteiger partial charge in [-0.2, -0.15) is 5.26 Å². The Morgan fingerprint density at radius 2 is 1.88 bits per heavy atom. The third-order valence-electron chi connectivity index (χ3n) is 3.26. The molecule has 0 spiro atoms. The van der Waals surface area contributed by atoms with Gasteiger partial charge in [-0.3, -0.25) is 4.79 Å². The molecule has 1 amide bonds. The van der Waals surface area contributed by atoms with Crippen LogP contribution in [0.15, 0.2) is 24.3 Å². The molecule has 1 fully saturated rings. The highest BCUT2D eigenvalue weighted by molar-refractivity contribution is 5.77. The van der Waals surface area contributed by atoms with Crippen LogP contribution in [0.1, 0.15) is 18.4 Å². The Morgan fingerprint density at radius 3 is 2.35 bits per heavy atom. The normalized spacial score (nSPS) is 16.5. The number of hydrogen-bond acceptors (Lipinski definition) is 3. The molecule has 1 heterocycles. The maximum absolute atomic E-state index is 11.0. The summed E-state index contributed by atoms with van der Waals surface area (Å²) in [6.07, 6.45) is 1.63. The van der Waals surface area contributed by atoms with E-state index in [9.17, 15) is 4.79 Å². The van der Waals surface area contributed by atoms with Crippen LogP contribution in [0.4, 0.5) is 5.69 Å². The van der Waals surface area contributed by atoms with Crippen molar-refractivity contribution in [1.29, 1.82) is 5.26 Å². The number of nitriles is 1. The fraction of sp³-hybridized carbons (Fsp3) is 0.385. The van der Waals surface area contributed by atoms with Crippen LogP contribution in [0, 0.1) is 17.2 Å². The van der Waals surface area contributed by atoms with E-state index in [-0.39, 0.29) is 11.8 Å². The molecule has 88 valence electrons.